The van der Waals surface area contributed by atoms with Gasteiger partial charge in [-0.2, -0.15) is 0 Å². The minimum Gasteiger partial charge on any atom is -0.412 e. The van der Waals surface area contributed by atoms with E-state index in [-0.39, 0.29) is 5.48 Å². The molecule has 17 heavy (non-hydrogen) atoms. The zero-order chi connectivity index (χ0) is 12.4. The Balaban J connectivity index is 0. The van der Waals surface area contributed by atoms with Crippen LogP contribution in [-0.4, -0.2) is 22.3 Å². The normalized spacial score (nSPS) is 13.2. The van der Waals surface area contributed by atoms with Crippen molar-refractivity contribution in [3.63, 3.8) is 0 Å². The van der Waals surface area contributed by atoms with Crippen molar-refractivity contribution >= 4 is 16.9 Å². The first kappa shape index (κ1) is 19.8. The molecule has 0 aliphatic carbocycles. The zero-order valence-corrected chi connectivity index (χ0v) is 14.9. The fourth-order valence-corrected chi connectivity index (χ4v) is 2.31. The summed E-state index contributed by atoms with van der Waals surface area (Å²) in [5.41, 5.74) is 0. The summed E-state index contributed by atoms with van der Waals surface area (Å²) in [6.07, 6.45) is 13.0. The van der Waals surface area contributed by atoms with Gasteiger partial charge in [0.2, 0.25) is 0 Å². The van der Waals surface area contributed by atoms with Crippen molar-refractivity contribution in [3.05, 3.63) is 0 Å². The molecule has 0 amide bonds. The van der Waals surface area contributed by atoms with E-state index in [0.717, 1.165) is 5.92 Å². The molecular formula is C15H35AsO. The molecule has 0 bridgehead atoms. The molecule has 0 aliphatic rings. The number of hydrogen-bond acceptors (Lipinski definition) is 0. The molecule has 2 unspecified atom stereocenters. The number of hydrogen-bond donors (Lipinski definition) is 0. The van der Waals surface area contributed by atoms with E-state index in [1.54, 1.807) is 0 Å². The van der Waals surface area contributed by atoms with Crippen LogP contribution in [0.1, 0.15) is 85.5 Å². The summed E-state index contributed by atoms with van der Waals surface area (Å²) in [7, 11) is 0. The van der Waals surface area contributed by atoms with Crippen molar-refractivity contribution in [2.75, 3.05) is 0 Å². The fourth-order valence-electron chi connectivity index (χ4n) is 1.96. The molecule has 106 valence electrons. The second-order valence-corrected chi connectivity index (χ2v) is 9.11. The van der Waals surface area contributed by atoms with E-state index in [1.165, 1.54) is 57.8 Å². The third-order valence-corrected chi connectivity index (χ3v) is 4.95. The molecule has 0 aromatic rings. The molecule has 0 rings (SSSR count). The van der Waals surface area contributed by atoms with Gasteiger partial charge in [0.05, 0.1) is 0 Å². The maximum atomic E-state index is 2.42. The van der Waals surface area contributed by atoms with Gasteiger partial charge in [-0.25, -0.2) is 0 Å². The second kappa shape index (κ2) is 11.6. The van der Waals surface area contributed by atoms with Crippen LogP contribution < -0.4 is 0 Å². The average Bonchev–Trinajstić information content (AvgIpc) is 2.20. The van der Waals surface area contributed by atoms with Crippen molar-refractivity contribution in [1.82, 2.24) is 0 Å². The van der Waals surface area contributed by atoms with Crippen molar-refractivity contribution < 1.29 is 5.48 Å². The molecule has 2 atom stereocenters. The SMILES string of the molecule is CCCCCCCCCCC(C)C(C)(C)[AsH2].O. The molecule has 0 aromatic carbocycles. The van der Waals surface area contributed by atoms with Crippen LogP contribution >= 0.6 is 0 Å². The molecule has 1 nitrogen and oxygen atoms in total. The van der Waals surface area contributed by atoms with Crippen LogP contribution in [0.3, 0.4) is 0 Å². The van der Waals surface area contributed by atoms with Crippen molar-refractivity contribution in [2.45, 2.75) is 89.7 Å². The monoisotopic (exact) mass is 306 g/mol. The topological polar surface area (TPSA) is 31.5 Å². The summed E-state index contributed by atoms with van der Waals surface area (Å²) in [5.74, 6) is 0.896. The predicted octanol–water partition coefficient (Wildman–Crippen LogP) is 4.16. The fraction of sp³-hybridized carbons (Fsp3) is 1.00. The summed E-state index contributed by atoms with van der Waals surface area (Å²) < 4.78 is 0.564. The Hall–Kier alpha value is 0.518. The maximum absolute atomic E-state index is 2.42. The van der Waals surface area contributed by atoms with E-state index in [9.17, 15) is 0 Å². The summed E-state index contributed by atoms with van der Waals surface area (Å²) in [6.45, 7) is 9.49. The Morgan fingerprint density at radius 3 is 1.71 bits per heavy atom. The van der Waals surface area contributed by atoms with E-state index < -0.39 is 0 Å². The van der Waals surface area contributed by atoms with Gasteiger partial charge in [-0.3, -0.25) is 0 Å². The van der Waals surface area contributed by atoms with E-state index in [0.29, 0.717) is 4.20 Å². The van der Waals surface area contributed by atoms with Gasteiger partial charge in [-0.15, -0.1) is 0 Å². The summed E-state index contributed by atoms with van der Waals surface area (Å²) >= 11 is 1.90. The molecule has 0 aromatic heterocycles. The molecule has 0 saturated heterocycles. The minimum atomic E-state index is 0. The van der Waals surface area contributed by atoms with Gasteiger partial charge >= 0.3 is 112 Å². The molecule has 0 heterocycles. The summed E-state index contributed by atoms with van der Waals surface area (Å²) in [4.78, 5) is 0. The Kier molecular flexibility index (Phi) is 13.5. The van der Waals surface area contributed by atoms with Gasteiger partial charge in [0.15, 0.2) is 0 Å². The first-order valence-corrected chi connectivity index (χ1v) is 8.48. The first-order valence-electron chi connectivity index (χ1n) is 7.27. The van der Waals surface area contributed by atoms with E-state index in [1.807, 2.05) is 16.9 Å². The third kappa shape index (κ3) is 12.8. The Bertz CT molecular complexity index is 151. The first-order chi connectivity index (χ1) is 7.48. The van der Waals surface area contributed by atoms with Crippen LogP contribution in [0.15, 0.2) is 0 Å². The predicted molar refractivity (Wildman–Crippen MR) is 82.6 cm³/mol. The van der Waals surface area contributed by atoms with Gasteiger partial charge in [-0.05, 0) is 0 Å². The standard InChI is InChI=1S/C15H33As.H2O/c1-5-6-7-8-9-10-11-12-13-14(2)15(3,4)16;/h14H,5-13,16H2,1-4H3;1H2. The van der Waals surface area contributed by atoms with Gasteiger partial charge in [-0.1, -0.05) is 0 Å². The molecule has 2 heteroatoms. The van der Waals surface area contributed by atoms with Gasteiger partial charge < -0.3 is 5.48 Å². The van der Waals surface area contributed by atoms with Crippen molar-refractivity contribution in [3.8, 4) is 0 Å². The van der Waals surface area contributed by atoms with Gasteiger partial charge in [0.25, 0.3) is 0 Å². The molecule has 0 saturated carbocycles. The van der Waals surface area contributed by atoms with Crippen molar-refractivity contribution in [2.24, 2.45) is 5.92 Å². The summed E-state index contributed by atoms with van der Waals surface area (Å²) in [5, 5.41) is 0. The molecule has 0 spiro atoms. The van der Waals surface area contributed by atoms with Crippen molar-refractivity contribution in [1.29, 1.82) is 0 Å². The van der Waals surface area contributed by atoms with Crippen LogP contribution in [0.25, 0.3) is 0 Å². The van der Waals surface area contributed by atoms with Crippen LogP contribution in [0.4, 0.5) is 0 Å². The van der Waals surface area contributed by atoms with E-state index >= 15 is 0 Å². The molecule has 0 aliphatic heterocycles. The minimum absolute atomic E-state index is 0. The smallest absolute Gasteiger partial charge is 0.412 e. The number of rotatable bonds is 10. The average molecular weight is 306 g/mol. The van der Waals surface area contributed by atoms with Crippen LogP contribution in [0, 0.1) is 5.92 Å². The maximum Gasteiger partial charge on any atom is -0.412 e. The zero-order valence-electron chi connectivity index (χ0n) is 12.5. The summed E-state index contributed by atoms with van der Waals surface area (Å²) in [6, 6.07) is 0. The molecular weight excluding hydrogens is 271 g/mol. The van der Waals surface area contributed by atoms with Gasteiger partial charge in [0.1, 0.15) is 0 Å². The molecule has 0 fully saturated rings. The molecule has 2 N–H and O–H groups in total. The Morgan fingerprint density at radius 2 is 1.29 bits per heavy atom. The van der Waals surface area contributed by atoms with E-state index in [4.69, 9.17) is 0 Å². The quantitative estimate of drug-likeness (QED) is 0.429. The largest absolute Gasteiger partial charge is 0.412 e. The van der Waals surface area contributed by atoms with E-state index in [2.05, 4.69) is 27.7 Å². The van der Waals surface area contributed by atoms with Crippen LogP contribution in [0.5, 0.6) is 0 Å². The number of unbranched alkanes of at least 4 members (excludes halogenated alkanes) is 7. The van der Waals surface area contributed by atoms with Crippen LogP contribution in [-0.2, 0) is 0 Å². The second-order valence-electron chi connectivity index (χ2n) is 5.99. The molecule has 0 radical (unpaired) electrons. The third-order valence-electron chi connectivity index (χ3n) is 3.76. The Labute approximate surface area is 118 Å². The van der Waals surface area contributed by atoms with Crippen LogP contribution in [0.2, 0.25) is 4.20 Å². The Morgan fingerprint density at radius 1 is 0.882 bits per heavy atom. The van der Waals surface area contributed by atoms with Gasteiger partial charge in [0, 0.05) is 0 Å².